The second-order valence-electron chi connectivity index (χ2n) is 4.54. The summed E-state index contributed by atoms with van der Waals surface area (Å²) in [7, 11) is 0. The van der Waals surface area contributed by atoms with Crippen molar-refractivity contribution in [3.8, 4) is 0 Å². The normalized spacial score (nSPS) is 15.9. The van der Waals surface area contributed by atoms with Gasteiger partial charge in [0.1, 0.15) is 0 Å². The number of hydrazone groups is 1. The Morgan fingerprint density at radius 2 is 1.67 bits per heavy atom. The molecule has 1 aliphatic carbocycles. The first-order valence-corrected chi connectivity index (χ1v) is 7.16. The van der Waals surface area contributed by atoms with Crippen LogP contribution in [0.1, 0.15) is 48.9 Å². The maximum absolute atomic E-state index is 11.9. The van der Waals surface area contributed by atoms with Gasteiger partial charge in [-0.2, -0.15) is 5.10 Å². The average molecular weight is 309 g/mol. The summed E-state index contributed by atoms with van der Waals surface area (Å²) in [6.45, 7) is 0. The minimum atomic E-state index is -0.140. The number of benzene rings is 1. The van der Waals surface area contributed by atoms with Gasteiger partial charge in [-0.15, -0.1) is 0 Å². The Morgan fingerprint density at radius 3 is 2.28 bits per heavy atom. The molecule has 2 rings (SSSR count). The van der Waals surface area contributed by atoms with Gasteiger partial charge >= 0.3 is 0 Å². The Bertz CT molecular complexity index is 430. The van der Waals surface area contributed by atoms with Crippen LogP contribution in [0, 0.1) is 0 Å². The number of carbonyl (C=O) groups excluding carboxylic acids is 1. The molecule has 1 aromatic rings. The first-order valence-electron chi connectivity index (χ1n) is 6.37. The van der Waals surface area contributed by atoms with Crippen LogP contribution in [0.5, 0.6) is 0 Å². The van der Waals surface area contributed by atoms with Crippen LogP contribution >= 0.6 is 15.9 Å². The molecule has 1 amide bonds. The maximum Gasteiger partial charge on any atom is 0.271 e. The highest BCUT2D eigenvalue weighted by molar-refractivity contribution is 9.10. The van der Waals surface area contributed by atoms with Crippen LogP contribution in [-0.2, 0) is 0 Å². The number of carbonyl (C=O) groups is 1. The number of halogens is 1. The third-order valence-electron chi connectivity index (χ3n) is 3.10. The molecule has 1 saturated carbocycles. The second-order valence-corrected chi connectivity index (χ2v) is 5.46. The predicted octanol–water partition coefficient (Wildman–Crippen LogP) is 3.89. The highest BCUT2D eigenvalue weighted by Crippen LogP contribution is 2.14. The zero-order chi connectivity index (χ0) is 12.8. The molecule has 1 fully saturated rings. The molecule has 0 aromatic heterocycles. The van der Waals surface area contributed by atoms with Gasteiger partial charge in [0.2, 0.25) is 0 Å². The van der Waals surface area contributed by atoms with E-state index < -0.39 is 0 Å². The Hall–Kier alpha value is -1.16. The minimum Gasteiger partial charge on any atom is -0.267 e. The van der Waals surface area contributed by atoms with Gasteiger partial charge in [0.05, 0.1) is 0 Å². The third-order valence-corrected chi connectivity index (χ3v) is 3.63. The lowest BCUT2D eigenvalue weighted by Crippen LogP contribution is -2.19. The molecule has 0 spiro atoms. The van der Waals surface area contributed by atoms with Crippen LogP contribution in [0.25, 0.3) is 0 Å². The van der Waals surface area contributed by atoms with Crippen LogP contribution in [0.3, 0.4) is 0 Å². The van der Waals surface area contributed by atoms with Crippen molar-refractivity contribution >= 4 is 27.5 Å². The van der Waals surface area contributed by atoms with Crippen molar-refractivity contribution in [2.45, 2.75) is 38.5 Å². The number of nitrogens with zero attached hydrogens (tertiary/aromatic N) is 1. The largest absolute Gasteiger partial charge is 0.271 e. The summed E-state index contributed by atoms with van der Waals surface area (Å²) in [6.07, 6.45) is 6.96. The molecule has 0 aliphatic heterocycles. The van der Waals surface area contributed by atoms with Crippen LogP contribution in [0.15, 0.2) is 33.8 Å². The quantitative estimate of drug-likeness (QED) is 0.653. The second kappa shape index (κ2) is 6.69. The van der Waals surface area contributed by atoms with E-state index in [1.54, 1.807) is 12.1 Å². The lowest BCUT2D eigenvalue weighted by molar-refractivity contribution is 0.0954. The molecule has 1 aromatic carbocycles. The Balaban J connectivity index is 1.94. The van der Waals surface area contributed by atoms with Crippen molar-refractivity contribution in [1.82, 2.24) is 5.43 Å². The van der Waals surface area contributed by atoms with Crippen molar-refractivity contribution < 1.29 is 4.79 Å². The van der Waals surface area contributed by atoms with E-state index in [0.717, 1.165) is 23.0 Å². The van der Waals surface area contributed by atoms with E-state index in [9.17, 15) is 4.79 Å². The smallest absolute Gasteiger partial charge is 0.267 e. The Kier molecular flexibility index (Phi) is 4.93. The Labute approximate surface area is 116 Å². The van der Waals surface area contributed by atoms with Gasteiger partial charge in [0.15, 0.2) is 0 Å². The van der Waals surface area contributed by atoms with Crippen LogP contribution in [0.2, 0.25) is 0 Å². The molecule has 0 atom stereocenters. The Morgan fingerprint density at radius 1 is 1.06 bits per heavy atom. The summed E-state index contributed by atoms with van der Waals surface area (Å²) in [6, 6.07) is 7.28. The van der Waals surface area contributed by atoms with E-state index in [1.165, 1.54) is 25.7 Å². The minimum absolute atomic E-state index is 0.140. The van der Waals surface area contributed by atoms with Crippen molar-refractivity contribution in [3.05, 3.63) is 34.3 Å². The molecule has 1 aliphatic rings. The summed E-state index contributed by atoms with van der Waals surface area (Å²) in [4.78, 5) is 11.9. The van der Waals surface area contributed by atoms with E-state index in [0.29, 0.717) is 5.56 Å². The molecule has 0 heterocycles. The summed E-state index contributed by atoms with van der Waals surface area (Å²) in [5, 5.41) is 4.25. The summed E-state index contributed by atoms with van der Waals surface area (Å²) >= 11 is 3.35. The number of rotatable bonds is 2. The van der Waals surface area contributed by atoms with E-state index >= 15 is 0 Å². The summed E-state index contributed by atoms with van der Waals surface area (Å²) in [5.74, 6) is -0.140. The number of amides is 1. The molecule has 3 nitrogen and oxygen atoms in total. The first kappa shape index (κ1) is 13.3. The van der Waals surface area contributed by atoms with E-state index in [2.05, 4.69) is 26.5 Å². The topological polar surface area (TPSA) is 41.5 Å². The molecule has 18 heavy (non-hydrogen) atoms. The van der Waals surface area contributed by atoms with Crippen molar-refractivity contribution in [2.24, 2.45) is 5.10 Å². The molecule has 0 saturated heterocycles. The summed E-state index contributed by atoms with van der Waals surface area (Å²) in [5.41, 5.74) is 4.41. The van der Waals surface area contributed by atoms with E-state index in [1.807, 2.05) is 12.1 Å². The summed E-state index contributed by atoms with van der Waals surface area (Å²) < 4.78 is 0.967. The van der Waals surface area contributed by atoms with E-state index in [4.69, 9.17) is 0 Å². The molecule has 4 heteroatoms. The van der Waals surface area contributed by atoms with Gasteiger partial charge < -0.3 is 0 Å². The standard InChI is InChI=1S/C14H17BrN2O/c15-12-9-7-11(8-10-12)14(18)17-16-13-5-3-1-2-4-6-13/h7-10H,1-6H2,(H,17,18). The molecular formula is C14H17BrN2O. The molecular weight excluding hydrogens is 292 g/mol. The zero-order valence-electron chi connectivity index (χ0n) is 10.3. The number of hydrogen-bond acceptors (Lipinski definition) is 2. The van der Waals surface area contributed by atoms with Crippen LogP contribution in [-0.4, -0.2) is 11.6 Å². The maximum atomic E-state index is 11.9. The van der Waals surface area contributed by atoms with Crippen LogP contribution in [0.4, 0.5) is 0 Å². The monoisotopic (exact) mass is 308 g/mol. The number of hydrogen-bond donors (Lipinski definition) is 1. The predicted molar refractivity (Wildman–Crippen MR) is 76.7 cm³/mol. The molecule has 0 bridgehead atoms. The van der Waals surface area contributed by atoms with Crippen LogP contribution < -0.4 is 5.43 Å². The lowest BCUT2D eigenvalue weighted by Gasteiger charge is -2.03. The van der Waals surface area contributed by atoms with Gasteiger partial charge in [-0.3, -0.25) is 4.79 Å². The highest BCUT2D eigenvalue weighted by Gasteiger charge is 2.07. The fourth-order valence-corrected chi connectivity index (χ4v) is 2.31. The molecule has 96 valence electrons. The van der Waals surface area contributed by atoms with Crippen molar-refractivity contribution in [2.75, 3.05) is 0 Å². The van der Waals surface area contributed by atoms with Gasteiger partial charge in [-0.05, 0) is 49.9 Å². The highest BCUT2D eigenvalue weighted by atomic mass is 79.9. The zero-order valence-corrected chi connectivity index (χ0v) is 11.9. The van der Waals surface area contributed by atoms with Gasteiger partial charge in [0, 0.05) is 15.7 Å². The molecule has 1 N–H and O–H groups in total. The van der Waals surface area contributed by atoms with Gasteiger partial charge in [0.25, 0.3) is 5.91 Å². The SMILES string of the molecule is O=C(NN=C1CCCCCC1)c1ccc(Br)cc1. The van der Waals surface area contributed by atoms with E-state index in [-0.39, 0.29) is 5.91 Å². The van der Waals surface area contributed by atoms with Crippen molar-refractivity contribution in [1.29, 1.82) is 0 Å². The van der Waals surface area contributed by atoms with Crippen molar-refractivity contribution in [3.63, 3.8) is 0 Å². The van der Waals surface area contributed by atoms with Gasteiger partial charge in [-0.1, -0.05) is 28.8 Å². The average Bonchev–Trinajstić information content (AvgIpc) is 2.65. The molecule has 0 unspecified atom stereocenters. The fraction of sp³-hybridized carbons (Fsp3) is 0.429. The van der Waals surface area contributed by atoms with Gasteiger partial charge in [-0.25, -0.2) is 5.43 Å². The fourth-order valence-electron chi connectivity index (χ4n) is 2.04. The lowest BCUT2D eigenvalue weighted by atomic mass is 10.2. The number of nitrogens with one attached hydrogen (secondary N) is 1. The third kappa shape index (κ3) is 3.95. The molecule has 0 radical (unpaired) electrons. The first-order chi connectivity index (χ1) is 8.75.